The van der Waals surface area contributed by atoms with Gasteiger partial charge in [0.25, 0.3) is 5.91 Å². The van der Waals surface area contributed by atoms with E-state index in [9.17, 15) is 4.79 Å². The largest absolute Gasteiger partial charge is 0.368 e. The van der Waals surface area contributed by atoms with E-state index in [1.165, 1.54) is 5.39 Å². The lowest BCUT2D eigenvalue weighted by molar-refractivity contribution is 0.0737. The Hall–Kier alpha value is -1.39. The molecular formula is C16H14BrNO2. The minimum absolute atomic E-state index is 0.124. The molecule has 0 saturated carbocycles. The third kappa shape index (κ3) is 1.86. The standard InChI is InChI=1S/C16H14BrNO2/c1-16(9-20-16)8-18-7-14-12(15(18)19)5-3-10-2-4-11(17)6-13(10)14/h2-6H,7-9H2,1H3. The summed E-state index contributed by atoms with van der Waals surface area (Å²) in [5.41, 5.74) is 1.84. The Morgan fingerprint density at radius 1 is 1.35 bits per heavy atom. The van der Waals surface area contributed by atoms with Crippen LogP contribution in [-0.4, -0.2) is 29.6 Å². The average Bonchev–Trinajstić information content (AvgIpc) is 3.06. The van der Waals surface area contributed by atoms with Gasteiger partial charge < -0.3 is 9.64 Å². The van der Waals surface area contributed by atoms with Crippen LogP contribution in [0, 0.1) is 0 Å². The van der Waals surface area contributed by atoms with Crippen molar-refractivity contribution < 1.29 is 9.53 Å². The van der Waals surface area contributed by atoms with Gasteiger partial charge in [-0.3, -0.25) is 4.79 Å². The van der Waals surface area contributed by atoms with E-state index in [2.05, 4.69) is 35.0 Å². The molecule has 4 heteroatoms. The lowest BCUT2D eigenvalue weighted by atomic mass is 10.0. The monoisotopic (exact) mass is 331 g/mol. The molecule has 2 aromatic carbocycles. The van der Waals surface area contributed by atoms with Crippen molar-refractivity contribution in [2.45, 2.75) is 19.1 Å². The highest BCUT2D eigenvalue weighted by Crippen LogP contribution is 2.35. The molecule has 4 rings (SSSR count). The number of epoxide rings is 1. The summed E-state index contributed by atoms with van der Waals surface area (Å²) in [4.78, 5) is 14.4. The van der Waals surface area contributed by atoms with Gasteiger partial charge in [-0.05, 0) is 41.5 Å². The van der Waals surface area contributed by atoms with Gasteiger partial charge >= 0.3 is 0 Å². The second-order valence-electron chi connectivity index (χ2n) is 5.86. The predicted molar refractivity (Wildman–Crippen MR) is 80.7 cm³/mol. The van der Waals surface area contributed by atoms with Gasteiger partial charge in [-0.1, -0.05) is 28.1 Å². The van der Waals surface area contributed by atoms with Gasteiger partial charge in [-0.25, -0.2) is 0 Å². The minimum atomic E-state index is -0.131. The highest BCUT2D eigenvalue weighted by Gasteiger charge is 2.43. The van der Waals surface area contributed by atoms with Crippen LogP contribution in [0.1, 0.15) is 22.8 Å². The maximum absolute atomic E-state index is 12.5. The normalized spacial score (nSPS) is 24.3. The Bertz CT molecular complexity index is 737. The number of nitrogens with zero attached hydrogens (tertiary/aromatic N) is 1. The molecule has 1 unspecified atom stereocenters. The average molecular weight is 332 g/mol. The summed E-state index contributed by atoms with van der Waals surface area (Å²) in [7, 11) is 0. The van der Waals surface area contributed by atoms with Gasteiger partial charge in [0, 0.05) is 16.6 Å². The number of halogens is 1. The fourth-order valence-corrected chi connectivity index (χ4v) is 3.26. The Labute approximate surface area is 125 Å². The quantitative estimate of drug-likeness (QED) is 0.790. The number of fused-ring (bicyclic) bond motifs is 3. The van der Waals surface area contributed by atoms with Crippen LogP contribution in [0.4, 0.5) is 0 Å². The fourth-order valence-electron chi connectivity index (χ4n) is 2.90. The van der Waals surface area contributed by atoms with Gasteiger partial charge in [-0.15, -0.1) is 0 Å². The van der Waals surface area contributed by atoms with E-state index < -0.39 is 0 Å². The molecule has 2 aliphatic rings. The van der Waals surface area contributed by atoms with Gasteiger partial charge in [0.15, 0.2) is 0 Å². The molecule has 0 spiro atoms. The molecule has 102 valence electrons. The summed E-state index contributed by atoms with van der Waals surface area (Å²) in [5, 5.41) is 2.34. The molecule has 2 aromatic rings. The van der Waals surface area contributed by atoms with Crippen LogP contribution in [0.5, 0.6) is 0 Å². The van der Waals surface area contributed by atoms with Gasteiger partial charge in [-0.2, -0.15) is 0 Å². The summed E-state index contributed by atoms with van der Waals surface area (Å²) in [6.45, 7) is 4.16. The fraction of sp³-hybridized carbons (Fsp3) is 0.312. The van der Waals surface area contributed by atoms with E-state index in [1.54, 1.807) is 0 Å². The summed E-state index contributed by atoms with van der Waals surface area (Å²) >= 11 is 3.51. The number of hydrogen-bond donors (Lipinski definition) is 0. The second kappa shape index (κ2) is 4.06. The van der Waals surface area contributed by atoms with Crippen LogP contribution < -0.4 is 0 Å². The molecule has 1 atom stereocenters. The van der Waals surface area contributed by atoms with Crippen LogP contribution in [-0.2, 0) is 11.3 Å². The highest BCUT2D eigenvalue weighted by molar-refractivity contribution is 9.10. The van der Waals surface area contributed by atoms with Crippen molar-refractivity contribution in [1.29, 1.82) is 0 Å². The van der Waals surface area contributed by atoms with Gasteiger partial charge in [0.2, 0.25) is 0 Å². The van der Waals surface area contributed by atoms with E-state index in [-0.39, 0.29) is 11.5 Å². The molecule has 0 bridgehead atoms. The second-order valence-corrected chi connectivity index (χ2v) is 6.77. The molecule has 0 N–H and O–H groups in total. The summed E-state index contributed by atoms with van der Waals surface area (Å²) in [5.74, 6) is 0.124. The van der Waals surface area contributed by atoms with Gasteiger partial charge in [0.05, 0.1) is 13.2 Å². The maximum atomic E-state index is 12.5. The third-order valence-electron chi connectivity index (χ3n) is 4.12. The number of carbonyl (C=O) groups is 1. The number of ether oxygens (including phenoxy) is 1. The zero-order chi connectivity index (χ0) is 13.9. The first-order valence-corrected chi connectivity index (χ1v) is 7.49. The zero-order valence-corrected chi connectivity index (χ0v) is 12.7. The Morgan fingerprint density at radius 2 is 2.10 bits per heavy atom. The molecule has 0 aliphatic carbocycles. The smallest absolute Gasteiger partial charge is 0.254 e. The zero-order valence-electron chi connectivity index (χ0n) is 11.1. The van der Waals surface area contributed by atoms with Crippen LogP contribution >= 0.6 is 15.9 Å². The number of rotatable bonds is 2. The van der Waals surface area contributed by atoms with Crippen LogP contribution in [0.3, 0.4) is 0 Å². The van der Waals surface area contributed by atoms with E-state index in [1.807, 2.05) is 23.1 Å². The first-order valence-electron chi connectivity index (χ1n) is 6.70. The van der Waals surface area contributed by atoms with Crippen molar-refractivity contribution in [3.05, 3.63) is 45.9 Å². The highest BCUT2D eigenvalue weighted by atomic mass is 79.9. The van der Waals surface area contributed by atoms with E-state index >= 15 is 0 Å². The van der Waals surface area contributed by atoms with Crippen molar-refractivity contribution in [2.24, 2.45) is 0 Å². The molecule has 20 heavy (non-hydrogen) atoms. The first-order chi connectivity index (χ1) is 9.56. The Morgan fingerprint density at radius 3 is 2.85 bits per heavy atom. The molecule has 2 heterocycles. The van der Waals surface area contributed by atoms with E-state index in [0.717, 1.165) is 27.6 Å². The Balaban J connectivity index is 1.79. The SMILES string of the molecule is CC1(CN2Cc3c(ccc4ccc(Br)cc34)C2=O)CO1. The van der Waals surface area contributed by atoms with Crippen molar-refractivity contribution in [3.8, 4) is 0 Å². The third-order valence-corrected chi connectivity index (χ3v) is 4.62. The first kappa shape index (κ1) is 12.4. The number of amides is 1. The lowest BCUT2D eigenvalue weighted by Crippen LogP contribution is -2.33. The molecule has 1 fully saturated rings. The summed E-state index contributed by atoms with van der Waals surface area (Å²) in [6, 6.07) is 10.2. The van der Waals surface area contributed by atoms with E-state index in [0.29, 0.717) is 13.1 Å². The number of benzene rings is 2. The molecule has 2 aliphatic heterocycles. The number of hydrogen-bond acceptors (Lipinski definition) is 2. The van der Waals surface area contributed by atoms with Crippen molar-refractivity contribution >= 4 is 32.6 Å². The lowest BCUT2D eigenvalue weighted by Gasteiger charge is -2.17. The molecule has 3 nitrogen and oxygen atoms in total. The van der Waals surface area contributed by atoms with Crippen molar-refractivity contribution in [1.82, 2.24) is 4.90 Å². The summed E-state index contributed by atoms with van der Waals surface area (Å²) in [6.07, 6.45) is 0. The van der Waals surface area contributed by atoms with Crippen LogP contribution in [0.15, 0.2) is 34.8 Å². The number of carbonyl (C=O) groups excluding carboxylic acids is 1. The van der Waals surface area contributed by atoms with Crippen molar-refractivity contribution in [2.75, 3.05) is 13.2 Å². The minimum Gasteiger partial charge on any atom is -0.368 e. The van der Waals surface area contributed by atoms with Crippen LogP contribution in [0.2, 0.25) is 0 Å². The predicted octanol–water partition coefficient (Wildman–Crippen LogP) is 3.35. The molecule has 1 saturated heterocycles. The molecule has 1 amide bonds. The topological polar surface area (TPSA) is 32.8 Å². The van der Waals surface area contributed by atoms with Crippen molar-refractivity contribution in [3.63, 3.8) is 0 Å². The van der Waals surface area contributed by atoms with Crippen LogP contribution in [0.25, 0.3) is 10.8 Å². The molecule has 0 radical (unpaired) electrons. The Kier molecular flexibility index (Phi) is 2.51. The maximum Gasteiger partial charge on any atom is 0.254 e. The van der Waals surface area contributed by atoms with Gasteiger partial charge in [0.1, 0.15) is 5.60 Å². The molecular weight excluding hydrogens is 318 g/mol. The molecule has 0 aromatic heterocycles. The summed E-state index contributed by atoms with van der Waals surface area (Å²) < 4.78 is 6.45. The van der Waals surface area contributed by atoms with E-state index in [4.69, 9.17) is 4.74 Å².